The molecular weight excluding hydrogens is 170 g/mol. The molecule has 0 unspecified atom stereocenters. The molecular formula is C9H7NO3. The molecule has 0 spiro atoms. The lowest BCUT2D eigenvalue weighted by Gasteiger charge is -2.04. The fourth-order valence-corrected chi connectivity index (χ4v) is 0.826. The third-order valence-electron chi connectivity index (χ3n) is 1.36. The number of hydrogen-bond donors (Lipinski definition) is 0. The van der Waals surface area contributed by atoms with Gasteiger partial charge in [-0.15, -0.1) is 0 Å². The number of benzene rings is 1. The smallest absolute Gasteiger partial charge is 0.416 e. The van der Waals surface area contributed by atoms with Gasteiger partial charge in [0.05, 0.1) is 7.11 Å². The quantitative estimate of drug-likeness (QED) is 0.386. The molecule has 0 amide bonds. The van der Waals surface area contributed by atoms with Crippen LogP contribution in [0.2, 0.25) is 0 Å². The minimum Gasteiger partial charge on any atom is -0.493 e. The van der Waals surface area contributed by atoms with Gasteiger partial charge in [-0.3, -0.25) is 0 Å². The van der Waals surface area contributed by atoms with E-state index in [2.05, 4.69) is 4.74 Å². The van der Waals surface area contributed by atoms with Crippen molar-refractivity contribution < 1.29 is 14.3 Å². The van der Waals surface area contributed by atoms with Gasteiger partial charge in [0.25, 0.3) is 0 Å². The summed E-state index contributed by atoms with van der Waals surface area (Å²) in [4.78, 5) is 10.6. The Morgan fingerprint density at radius 2 is 2.00 bits per heavy atom. The molecule has 0 bridgehead atoms. The minimum absolute atomic E-state index is 0.247. The van der Waals surface area contributed by atoms with Crippen LogP contribution in [-0.2, 0) is 4.79 Å². The maximum Gasteiger partial charge on any atom is 0.416 e. The first-order chi connectivity index (χ1) is 6.27. The lowest BCUT2D eigenvalue weighted by molar-refractivity contribution is -0.128. The molecule has 0 aliphatic heterocycles. The fraction of sp³-hybridized carbons (Fsp3) is 0.111. The molecule has 0 heterocycles. The SMILES string of the molecule is COc1ccccc1OC(=O)C#N. The molecule has 0 saturated carbocycles. The van der Waals surface area contributed by atoms with E-state index in [4.69, 9.17) is 10.00 Å². The summed E-state index contributed by atoms with van der Waals surface area (Å²) < 4.78 is 9.56. The van der Waals surface area contributed by atoms with Gasteiger partial charge in [-0.25, -0.2) is 4.79 Å². The normalized spacial score (nSPS) is 8.62. The van der Waals surface area contributed by atoms with Crippen LogP contribution in [0.1, 0.15) is 0 Å². The van der Waals surface area contributed by atoms with Gasteiger partial charge in [0.1, 0.15) is 0 Å². The van der Waals surface area contributed by atoms with Crippen LogP contribution in [0.25, 0.3) is 0 Å². The van der Waals surface area contributed by atoms with Crippen molar-refractivity contribution in [3.8, 4) is 17.6 Å². The Morgan fingerprint density at radius 1 is 1.38 bits per heavy atom. The highest BCUT2D eigenvalue weighted by atomic mass is 16.6. The van der Waals surface area contributed by atoms with E-state index in [0.29, 0.717) is 5.75 Å². The van der Waals surface area contributed by atoms with Crippen molar-refractivity contribution in [2.45, 2.75) is 0 Å². The molecule has 0 radical (unpaired) electrons. The predicted molar refractivity (Wildman–Crippen MR) is 44.2 cm³/mol. The van der Waals surface area contributed by atoms with Crippen LogP contribution in [0, 0.1) is 11.3 Å². The van der Waals surface area contributed by atoms with Crippen LogP contribution < -0.4 is 9.47 Å². The molecule has 0 aliphatic carbocycles. The molecule has 4 nitrogen and oxygen atoms in total. The number of carbonyl (C=O) groups excluding carboxylic acids is 1. The Morgan fingerprint density at radius 3 is 2.54 bits per heavy atom. The lowest BCUT2D eigenvalue weighted by Crippen LogP contribution is -2.04. The maximum absolute atomic E-state index is 10.6. The van der Waals surface area contributed by atoms with E-state index < -0.39 is 5.97 Å². The van der Waals surface area contributed by atoms with E-state index in [1.54, 1.807) is 24.3 Å². The van der Waals surface area contributed by atoms with Crippen LogP contribution in [0.15, 0.2) is 24.3 Å². The number of esters is 1. The molecule has 4 heteroatoms. The average molecular weight is 177 g/mol. The van der Waals surface area contributed by atoms with E-state index in [0.717, 1.165) is 0 Å². The Hall–Kier alpha value is -2.02. The zero-order valence-corrected chi connectivity index (χ0v) is 6.98. The third-order valence-corrected chi connectivity index (χ3v) is 1.36. The molecule has 0 atom stereocenters. The lowest BCUT2D eigenvalue weighted by atomic mass is 10.3. The Balaban J connectivity index is 2.88. The van der Waals surface area contributed by atoms with Crippen LogP contribution in [0.4, 0.5) is 0 Å². The van der Waals surface area contributed by atoms with Gasteiger partial charge in [-0.05, 0) is 12.1 Å². The summed E-state index contributed by atoms with van der Waals surface area (Å²) in [5.74, 6) is -0.285. The molecule has 0 N–H and O–H groups in total. The van der Waals surface area contributed by atoms with Crippen molar-refractivity contribution in [3.63, 3.8) is 0 Å². The number of ether oxygens (including phenoxy) is 2. The largest absolute Gasteiger partial charge is 0.493 e. The first-order valence-electron chi connectivity index (χ1n) is 3.53. The topological polar surface area (TPSA) is 59.3 Å². The molecule has 13 heavy (non-hydrogen) atoms. The number of methoxy groups -OCH3 is 1. The maximum atomic E-state index is 10.6. The van der Waals surface area contributed by atoms with Crippen molar-refractivity contribution in [1.82, 2.24) is 0 Å². The first kappa shape index (κ1) is 9.07. The number of para-hydroxylation sites is 2. The van der Waals surface area contributed by atoms with Gasteiger partial charge in [0, 0.05) is 0 Å². The van der Waals surface area contributed by atoms with Crippen molar-refractivity contribution in [3.05, 3.63) is 24.3 Å². The van der Waals surface area contributed by atoms with Gasteiger partial charge >= 0.3 is 5.97 Å². The highest BCUT2D eigenvalue weighted by Gasteiger charge is 2.06. The third kappa shape index (κ3) is 2.20. The Bertz CT molecular complexity index is 354. The van der Waals surface area contributed by atoms with Crippen LogP contribution >= 0.6 is 0 Å². The summed E-state index contributed by atoms with van der Waals surface area (Å²) in [5.41, 5.74) is 0. The van der Waals surface area contributed by atoms with E-state index in [9.17, 15) is 4.79 Å². The van der Waals surface area contributed by atoms with Crippen LogP contribution in [-0.4, -0.2) is 13.1 Å². The van der Waals surface area contributed by atoms with E-state index >= 15 is 0 Å². The summed E-state index contributed by atoms with van der Waals surface area (Å²) in [7, 11) is 1.46. The van der Waals surface area contributed by atoms with Crippen LogP contribution in [0.3, 0.4) is 0 Å². The molecule has 66 valence electrons. The van der Waals surface area contributed by atoms with E-state index in [1.165, 1.54) is 13.2 Å². The van der Waals surface area contributed by atoms with Crippen molar-refractivity contribution in [2.75, 3.05) is 7.11 Å². The number of carbonyl (C=O) groups is 1. The second-order valence-electron chi connectivity index (χ2n) is 2.15. The first-order valence-corrected chi connectivity index (χ1v) is 3.53. The predicted octanol–water partition coefficient (Wildman–Crippen LogP) is 1.12. The molecule has 0 saturated heterocycles. The highest BCUT2D eigenvalue weighted by molar-refractivity contribution is 5.88. The van der Waals surface area contributed by atoms with Gasteiger partial charge in [0.15, 0.2) is 17.6 Å². The van der Waals surface area contributed by atoms with Gasteiger partial charge < -0.3 is 9.47 Å². The molecule has 1 aromatic rings. The summed E-state index contributed by atoms with van der Waals surface area (Å²) in [6.07, 6.45) is 0. The number of nitrogens with zero attached hydrogens (tertiary/aromatic N) is 1. The number of hydrogen-bond acceptors (Lipinski definition) is 4. The summed E-state index contributed by atoms with van der Waals surface area (Å²) in [5, 5.41) is 8.19. The molecule has 0 fully saturated rings. The van der Waals surface area contributed by atoms with Gasteiger partial charge in [0.2, 0.25) is 0 Å². The van der Waals surface area contributed by atoms with Gasteiger partial charge in [-0.2, -0.15) is 5.26 Å². The molecule has 0 aromatic heterocycles. The molecule has 0 aliphatic rings. The molecule has 1 aromatic carbocycles. The van der Waals surface area contributed by atoms with Gasteiger partial charge in [-0.1, -0.05) is 12.1 Å². The van der Waals surface area contributed by atoms with E-state index in [1.807, 2.05) is 0 Å². The number of nitriles is 1. The summed E-state index contributed by atoms with van der Waals surface area (Å²) >= 11 is 0. The standard InChI is InChI=1S/C9H7NO3/c1-12-7-4-2-3-5-8(7)13-9(11)6-10/h2-5H,1H3. The Kier molecular flexibility index (Phi) is 2.87. The summed E-state index contributed by atoms with van der Waals surface area (Å²) in [6, 6.07) is 7.96. The fourth-order valence-electron chi connectivity index (χ4n) is 0.826. The van der Waals surface area contributed by atoms with Crippen molar-refractivity contribution >= 4 is 5.97 Å². The second kappa shape index (κ2) is 4.12. The second-order valence-corrected chi connectivity index (χ2v) is 2.15. The van der Waals surface area contributed by atoms with Crippen molar-refractivity contribution in [1.29, 1.82) is 5.26 Å². The van der Waals surface area contributed by atoms with E-state index in [-0.39, 0.29) is 5.75 Å². The molecule has 1 rings (SSSR count). The summed E-state index contributed by atoms with van der Waals surface area (Å²) in [6.45, 7) is 0. The highest BCUT2D eigenvalue weighted by Crippen LogP contribution is 2.25. The van der Waals surface area contributed by atoms with Crippen molar-refractivity contribution in [2.24, 2.45) is 0 Å². The zero-order valence-electron chi connectivity index (χ0n) is 6.98. The Labute approximate surface area is 75.3 Å². The van der Waals surface area contributed by atoms with Crippen LogP contribution in [0.5, 0.6) is 11.5 Å². The monoisotopic (exact) mass is 177 g/mol. The average Bonchev–Trinajstić information content (AvgIpc) is 2.18. The minimum atomic E-state index is -0.954. The number of rotatable bonds is 2. The zero-order chi connectivity index (χ0) is 9.68.